The van der Waals surface area contributed by atoms with Crippen molar-refractivity contribution in [1.29, 1.82) is 0 Å². The van der Waals surface area contributed by atoms with Gasteiger partial charge in [0.2, 0.25) is 0 Å². The van der Waals surface area contributed by atoms with Crippen molar-refractivity contribution in [3.8, 4) is 0 Å². The molecule has 1 nitrogen and oxygen atoms in total. The molecule has 3 aromatic rings. The third-order valence-electron chi connectivity index (χ3n) is 2.28. The van der Waals surface area contributed by atoms with Crippen molar-refractivity contribution in [2.45, 2.75) is 0 Å². The van der Waals surface area contributed by atoms with Crippen LogP contribution in [0.1, 0.15) is 1.37 Å². The van der Waals surface area contributed by atoms with Crippen LogP contribution in [-0.4, -0.2) is 0 Å². The van der Waals surface area contributed by atoms with Crippen molar-refractivity contribution in [3.63, 3.8) is 0 Å². The van der Waals surface area contributed by atoms with Gasteiger partial charge in [-0.3, -0.25) is 0 Å². The first-order chi connectivity index (χ1) is 7.27. The van der Waals surface area contributed by atoms with Gasteiger partial charge >= 0.3 is 0 Å². The van der Waals surface area contributed by atoms with Crippen LogP contribution in [0.2, 0.25) is 5.02 Å². The molecule has 68 valence electrons. The molecule has 0 aliphatic heterocycles. The fourth-order valence-corrected chi connectivity index (χ4v) is 1.91. The topological polar surface area (TPSA) is 13.1 Å². The van der Waals surface area contributed by atoms with E-state index in [0.717, 1.165) is 16.4 Å². The summed E-state index contributed by atoms with van der Waals surface area (Å²) < 4.78 is 13.3. The average molecular weight is 204 g/mol. The Morgan fingerprint density at radius 3 is 2.86 bits per heavy atom. The summed E-state index contributed by atoms with van der Waals surface area (Å²) >= 11 is 6.11. The lowest BCUT2D eigenvalue weighted by atomic mass is 10.1. The highest BCUT2D eigenvalue weighted by Crippen LogP contribution is 2.33. The van der Waals surface area contributed by atoms with Crippen molar-refractivity contribution in [1.82, 2.24) is 0 Å². The van der Waals surface area contributed by atoms with E-state index < -0.39 is 0 Å². The number of furan rings is 1. The molecule has 0 unspecified atom stereocenters. The quantitative estimate of drug-likeness (QED) is 0.533. The molecule has 0 N–H and O–H groups in total. The largest absolute Gasteiger partial charge is 0.456 e. The monoisotopic (exact) mass is 203 g/mol. The molecular weight excluding hydrogens is 196 g/mol. The predicted molar refractivity (Wildman–Crippen MR) is 58.7 cm³/mol. The Kier molecular flexibility index (Phi) is 1.36. The molecule has 1 heterocycles. The molecular formula is C12H7ClO. The van der Waals surface area contributed by atoms with Crippen LogP contribution in [0.3, 0.4) is 0 Å². The van der Waals surface area contributed by atoms with Crippen molar-refractivity contribution < 1.29 is 5.79 Å². The predicted octanol–water partition coefficient (Wildman–Crippen LogP) is 4.24. The molecule has 2 heteroatoms. The van der Waals surface area contributed by atoms with Crippen LogP contribution in [0, 0.1) is 0 Å². The molecule has 3 rings (SSSR count). The van der Waals surface area contributed by atoms with E-state index >= 15 is 0 Å². The molecule has 2 aromatic carbocycles. The maximum Gasteiger partial charge on any atom is 0.136 e. The van der Waals surface area contributed by atoms with E-state index in [4.69, 9.17) is 17.4 Å². The Morgan fingerprint density at radius 2 is 1.93 bits per heavy atom. The number of halogens is 1. The lowest BCUT2D eigenvalue weighted by molar-refractivity contribution is 0.669. The van der Waals surface area contributed by atoms with Crippen LogP contribution < -0.4 is 0 Å². The first-order valence-electron chi connectivity index (χ1n) is 4.84. The summed E-state index contributed by atoms with van der Waals surface area (Å²) in [4.78, 5) is 0. The lowest BCUT2D eigenvalue weighted by Gasteiger charge is -1.91. The number of rotatable bonds is 0. The van der Waals surface area contributed by atoms with Gasteiger partial charge in [-0.05, 0) is 18.2 Å². The molecule has 0 fully saturated rings. The second-order valence-electron chi connectivity index (χ2n) is 3.13. The van der Waals surface area contributed by atoms with Gasteiger partial charge < -0.3 is 4.42 Å². The summed E-state index contributed by atoms with van der Waals surface area (Å²) in [6.45, 7) is 0. The average Bonchev–Trinajstić information content (AvgIpc) is 2.64. The third-order valence-corrected chi connectivity index (χ3v) is 2.59. The first-order valence-corrected chi connectivity index (χ1v) is 4.71. The normalized spacial score (nSPS) is 12.2. The summed E-state index contributed by atoms with van der Waals surface area (Å²) in [5, 5.41) is 2.43. The Balaban J connectivity index is 2.66. The van der Waals surface area contributed by atoms with E-state index in [1.807, 2.05) is 24.3 Å². The number of hydrogen-bond donors (Lipinski definition) is 0. The van der Waals surface area contributed by atoms with Crippen LogP contribution in [0.4, 0.5) is 0 Å². The van der Waals surface area contributed by atoms with E-state index in [9.17, 15) is 0 Å². The summed E-state index contributed by atoms with van der Waals surface area (Å²) in [6.07, 6.45) is 0. The van der Waals surface area contributed by atoms with Crippen molar-refractivity contribution in [3.05, 3.63) is 47.5 Å². The molecule has 1 aromatic heterocycles. The molecule has 0 aliphatic rings. The standard InChI is InChI=1S/C12H7ClO/c13-9-5-3-7-11-12(9)8-4-1-2-6-10(8)14-11/h1-7H/i7D. The molecule has 0 saturated heterocycles. The number of fused-ring (bicyclic) bond motifs is 3. The first kappa shape index (κ1) is 6.91. The van der Waals surface area contributed by atoms with Gasteiger partial charge in [-0.15, -0.1) is 0 Å². The van der Waals surface area contributed by atoms with Crippen LogP contribution in [0.15, 0.2) is 46.9 Å². The summed E-state index contributed by atoms with van der Waals surface area (Å²) in [5.41, 5.74) is 1.33. The molecule has 0 spiro atoms. The van der Waals surface area contributed by atoms with Gasteiger partial charge in [-0.25, -0.2) is 0 Å². The smallest absolute Gasteiger partial charge is 0.136 e. The minimum atomic E-state index is 0.366. The second kappa shape index (κ2) is 2.76. The number of hydrogen-bond acceptors (Lipinski definition) is 1. The fraction of sp³-hybridized carbons (Fsp3) is 0. The fourth-order valence-electron chi connectivity index (χ4n) is 1.66. The van der Waals surface area contributed by atoms with E-state index in [-0.39, 0.29) is 0 Å². The maximum atomic E-state index is 7.74. The van der Waals surface area contributed by atoms with Gasteiger partial charge in [-0.2, -0.15) is 0 Å². The highest BCUT2D eigenvalue weighted by molar-refractivity contribution is 6.37. The molecule has 0 saturated carbocycles. The van der Waals surface area contributed by atoms with Gasteiger partial charge in [0.1, 0.15) is 11.2 Å². The molecule has 0 bridgehead atoms. The zero-order valence-corrected chi connectivity index (χ0v) is 8.01. The van der Waals surface area contributed by atoms with Gasteiger partial charge in [0.25, 0.3) is 0 Å². The maximum absolute atomic E-state index is 7.74. The SMILES string of the molecule is [2H]c1ccc(Cl)c2c1oc1ccccc12. The zero-order valence-electron chi connectivity index (χ0n) is 8.25. The second-order valence-corrected chi connectivity index (χ2v) is 3.54. The number of benzene rings is 2. The van der Waals surface area contributed by atoms with Crippen molar-refractivity contribution in [2.24, 2.45) is 0 Å². The molecule has 0 amide bonds. The van der Waals surface area contributed by atoms with Crippen LogP contribution >= 0.6 is 11.6 Å². The third kappa shape index (κ3) is 0.962. The molecule has 0 aliphatic carbocycles. The molecule has 0 radical (unpaired) electrons. The molecule has 14 heavy (non-hydrogen) atoms. The Bertz CT molecular complexity index is 657. The van der Waals surface area contributed by atoms with Crippen molar-refractivity contribution >= 4 is 33.5 Å². The van der Waals surface area contributed by atoms with E-state index in [2.05, 4.69) is 0 Å². The van der Waals surface area contributed by atoms with Gasteiger partial charge in [0.15, 0.2) is 0 Å². The zero-order chi connectivity index (χ0) is 10.4. The summed E-state index contributed by atoms with van der Waals surface area (Å²) in [5.74, 6) is 0. The Labute approximate surface area is 87.3 Å². The minimum Gasteiger partial charge on any atom is -0.456 e. The Morgan fingerprint density at radius 1 is 1.07 bits per heavy atom. The number of para-hydroxylation sites is 1. The highest BCUT2D eigenvalue weighted by atomic mass is 35.5. The van der Waals surface area contributed by atoms with Crippen LogP contribution in [0.25, 0.3) is 21.9 Å². The summed E-state index contributed by atoms with van der Waals surface area (Å²) in [6, 6.07) is 11.4. The van der Waals surface area contributed by atoms with E-state index in [0.29, 0.717) is 16.6 Å². The minimum absolute atomic E-state index is 0.366. The lowest BCUT2D eigenvalue weighted by Crippen LogP contribution is -1.67. The van der Waals surface area contributed by atoms with E-state index in [1.165, 1.54) is 0 Å². The van der Waals surface area contributed by atoms with Gasteiger partial charge in [0.05, 0.1) is 6.39 Å². The van der Waals surface area contributed by atoms with Gasteiger partial charge in [0, 0.05) is 10.8 Å². The summed E-state index contributed by atoms with van der Waals surface area (Å²) in [7, 11) is 0. The van der Waals surface area contributed by atoms with E-state index in [1.54, 1.807) is 12.1 Å². The van der Waals surface area contributed by atoms with Crippen LogP contribution in [-0.2, 0) is 0 Å². The van der Waals surface area contributed by atoms with Crippen molar-refractivity contribution in [2.75, 3.05) is 0 Å². The molecule has 0 atom stereocenters. The van der Waals surface area contributed by atoms with Gasteiger partial charge in [-0.1, -0.05) is 35.9 Å². The van der Waals surface area contributed by atoms with Crippen LogP contribution in [0.5, 0.6) is 0 Å². The highest BCUT2D eigenvalue weighted by Gasteiger charge is 2.07. The Hall–Kier alpha value is -1.47.